The van der Waals surface area contributed by atoms with Gasteiger partial charge in [-0.3, -0.25) is 4.79 Å². The number of carbonyl (C=O) groups is 1. The van der Waals surface area contributed by atoms with Crippen molar-refractivity contribution < 1.29 is 18.0 Å². The quantitative estimate of drug-likeness (QED) is 0.862. The van der Waals surface area contributed by atoms with E-state index in [0.29, 0.717) is 12.1 Å². The molecule has 0 fully saturated rings. The minimum atomic E-state index is -4.77. The summed E-state index contributed by atoms with van der Waals surface area (Å²) in [6, 6.07) is 7.04. The molecule has 1 aromatic rings. The molecule has 0 bridgehead atoms. The van der Waals surface area contributed by atoms with E-state index in [1.165, 1.54) is 4.90 Å². The Morgan fingerprint density at radius 2 is 1.90 bits per heavy atom. The molecule has 1 amide bonds. The lowest BCUT2D eigenvalue weighted by molar-refractivity contribution is -0.185. The molecule has 0 radical (unpaired) electrons. The minimum absolute atomic E-state index is 0.263. The van der Waals surface area contributed by atoms with Crippen LogP contribution in [-0.4, -0.2) is 24.2 Å². The van der Waals surface area contributed by atoms with Gasteiger partial charge in [0.25, 0.3) is 5.91 Å². The Morgan fingerprint density at radius 1 is 1.25 bits per heavy atom. The lowest BCUT2D eigenvalue weighted by Crippen LogP contribution is -2.62. The van der Waals surface area contributed by atoms with Crippen molar-refractivity contribution in [3.63, 3.8) is 0 Å². The second kappa shape index (κ2) is 5.09. The Labute approximate surface area is 115 Å². The molecule has 6 heteroatoms. The van der Waals surface area contributed by atoms with Gasteiger partial charge in [-0.2, -0.15) is 13.2 Å². The van der Waals surface area contributed by atoms with E-state index >= 15 is 0 Å². The normalized spacial score (nSPS) is 18.9. The van der Waals surface area contributed by atoms with Crippen LogP contribution in [0, 0.1) is 0 Å². The maximum Gasteiger partial charge on any atom is 0.415 e. The summed E-state index contributed by atoms with van der Waals surface area (Å²) < 4.78 is 38.8. The average Bonchev–Trinajstić information content (AvgIpc) is 2.58. The molecule has 0 aromatic heterocycles. The van der Waals surface area contributed by atoms with Crippen LogP contribution in [0.25, 0.3) is 0 Å². The molecule has 1 heterocycles. The largest absolute Gasteiger partial charge is 0.415 e. The molecule has 1 atom stereocenters. The molecular weight excluding hydrogens is 269 g/mol. The van der Waals surface area contributed by atoms with Crippen LogP contribution >= 0.6 is 0 Å². The number of benzene rings is 1. The smallest absolute Gasteiger partial charge is 0.310 e. The number of nitrogens with two attached hydrogens (primary N) is 1. The average molecular weight is 286 g/mol. The van der Waals surface area contributed by atoms with Gasteiger partial charge in [-0.15, -0.1) is 0 Å². The van der Waals surface area contributed by atoms with Crippen LogP contribution in [0.2, 0.25) is 0 Å². The maximum absolute atomic E-state index is 12.9. The molecular formula is C14H17F3N2O. The number of carbonyl (C=O) groups excluding carboxylic acids is 1. The van der Waals surface area contributed by atoms with E-state index < -0.39 is 17.6 Å². The Bertz CT molecular complexity index is 511. The van der Waals surface area contributed by atoms with Crippen molar-refractivity contribution >= 4 is 11.6 Å². The third kappa shape index (κ3) is 2.52. The fraction of sp³-hybridized carbons (Fsp3) is 0.500. The molecule has 0 saturated heterocycles. The number of amides is 1. The summed E-state index contributed by atoms with van der Waals surface area (Å²) in [7, 11) is 0. The van der Waals surface area contributed by atoms with Crippen LogP contribution in [0.4, 0.5) is 18.9 Å². The van der Waals surface area contributed by atoms with Gasteiger partial charge in [0.2, 0.25) is 0 Å². The number of nitrogens with zero attached hydrogens (tertiary/aromatic N) is 1. The predicted octanol–water partition coefficient (Wildman–Crippen LogP) is 2.64. The number of aryl methyl sites for hydroxylation is 1. The summed E-state index contributed by atoms with van der Waals surface area (Å²) in [6.07, 6.45) is -2.51. The second-order valence-corrected chi connectivity index (χ2v) is 5.24. The molecule has 0 saturated carbocycles. The highest BCUT2D eigenvalue weighted by Crippen LogP contribution is 2.33. The van der Waals surface area contributed by atoms with Gasteiger partial charge in [0.1, 0.15) is 0 Å². The van der Waals surface area contributed by atoms with E-state index in [1.54, 1.807) is 12.1 Å². The molecule has 1 aliphatic heterocycles. The van der Waals surface area contributed by atoms with Crippen molar-refractivity contribution in [2.75, 3.05) is 11.4 Å². The Balaban J connectivity index is 2.40. The van der Waals surface area contributed by atoms with Crippen LogP contribution < -0.4 is 10.6 Å². The topological polar surface area (TPSA) is 46.3 Å². The first-order valence-corrected chi connectivity index (χ1v) is 6.50. The van der Waals surface area contributed by atoms with Crippen molar-refractivity contribution in [3.05, 3.63) is 29.8 Å². The highest BCUT2D eigenvalue weighted by atomic mass is 19.4. The minimum Gasteiger partial charge on any atom is -0.310 e. The molecule has 1 aromatic carbocycles. The molecule has 2 N–H and O–H groups in total. The fourth-order valence-electron chi connectivity index (χ4n) is 2.30. The van der Waals surface area contributed by atoms with Gasteiger partial charge in [0.05, 0.1) is 0 Å². The zero-order chi connectivity index (χ0) is 15.0. The second-order valence-electron chi connectivity index (χ2n) is 5.24. The number of para-hydroxylation sites is 1. The molecule has 1 unspecified atom stereocenters. The van der Waals surface area contributed by atoms with Crippen LogP contribution in [0.15, 0.2) is 24.3 Å². The zero-order valence-electron chi connectivity index (χ0n) is 11.2. The van der Waals surface area contributed by atoms with Gasteiger partial charge in [-0.1, -0.05) is 18.2 Å². The first-order valence-electron chi connectivity index (χ1n) is 6.50. The highest BCUT2D eigenvalue weighted by Gasteiger charge is 2.55. The molecule has 1 aliphatic rings. The molecule has 3 nitrogen and oxygen atoms in total. The van der Waals surface area contributed by atoms with E-state index in [-0.39, 0.29) is 6.54 Å². The lowest BCUT2D eigenvalue weighted by Gasteiger charge is -2.33. The van der Waals surface area contributed by atoms with Crippen molar-refractivity contribution in [1.82, 2.24) is 0 Å². The Morgan fingerprint density at radius 3 is 2.55 bits per heavy atom. The number of anilines is 1. The molecule has 0 aliphatic carbocycles. The summed E-state index contributed by atoms with van der Waals surface area (Å²) in [5, 5.41) is 0. The third-order valence-electron chi connectivity index (χ3n) is 3.64. The van der Waals surface area contributed by atoms with E-state index in [9.17, 15) is 18.0 Å². The number of hydrogen-bond acceptors (Lipinski definition) is 2. The van der Waals surface area contributed by atoms with E-state index in [4.69, 9.17) is 5.73 Å². The van der Waals surface area contributed by atoms with Gasteiger partial charge in [0.15, 0.2) is 5.54 Å². The lowest BCUT2D eigenvalue weighted by atomic mass is 10.00. The summed E-state index contributed by atoms with van der Waals surface area (Å²) in [6.45, 7) is 0.988. The fourth-order valence-corrected chi connectivity index (χ4v) is 2.30. The van der Waals surface area contributed by atoms with Gasteiger partial charge < -0.3 is 10.6 Å². The molecule has 2 rings (SSSR count). The van der Waals surface area contributed by atoms with Gasteiger partial charge in [-0.05, 0) is 37.8 Å². The van der Waals surface area contributed by atoms with Crippen LogP contribution in [0.3, 0.4) is 0 Å². The van der Waals surface area contributed by atoms with Crippen molar-refractivity contribution in [2.24, 2.45) is 5.73 Å². The van der Waals surface area contributed by atoms with E-state index in [1.807, 2.05) is 12.1 Å². The SMILES string of the molecule is CC(N)(C(=O)N1CCCCc2ccccc21)C(F)(F)F. The number of halogens is 3. The van der Waals surface area contributed by atoms with Gasteiger partial charge in [0, 0.05) is 12.2 Å². The molecule has 0 spiro atoms. The van der Waals surface area contributed by atoms with Crippen molar-refractivity contribution in [1.29, 1.82) is 0 Å². The Hall–Kier alpha value is -1.56. The Kier molecular flexibility index (Phi) is 3.77. The predicted molar refractivity (Wildman–Crippen MR) is 70.4 cm³/mol. The molecule has 110 valence electrons. The number of alkyl halides is 3. The maximum atomic E-state index is 12.9. The number of fused-ring (bicyclic) bond motifs is 1. The summed E-state index contributed by atoms with van der Waals surface area (Å²) in [4.78, 5) is 13.4. The van der Waals surface area contributed by atoms with E-state index in [2.05, 4.69) is 0 Å². The van der Waals surface area contributed by atoms with Gasteiger partial charge in [-0.25, -0.2) is 0 Å². The van der Waals surface area contributed by atoms with Crippen LogP contribution in [0.5, 0.6) is 0 Å². The van der Waals surface area contributed by atoms with Crippen LogP contribution in [0.1, 0.15) is 25.3 Å². The van der Waals surface area contributed by atoms with Crippen molar-refractivity contribution in [3.8, 4) is 0 Å². The standard InChI is InChI=1S/C14H17F3N2O/c1-13(18,14(15,16)17)12(20)19-9-5-4-7-10-6-2-3-8-11(10)19/h2-3,6,8H,4-5,7,9,18H2,1H3. The number of rotatable bonds is 1. The summed E-state index contributed by atoms with van der Waals surface area (Å²) in [5.74, 6) is -1.10. The molecule has 20 heavy (non-hydrogen) atoms. The first kappa shape index (κ1) is 14.8. The van der Waals surface area contributed by atoms with Crippen molar-refractivity contribution in [2.45, 2.75) is 37.9 Å². The van der Waals surface area contributed by atoms with Gasteiger partial charge >= 0.3 is 6.18 Å². The zero-order valence-corrected chi connectivity index (χ0v) is 11.2. The first-order chi connectivity index (χ1) is 9.25. The summed E-state index contributed by atoms with van der Waals surface area (Å²) in [5.41, 5.74) is 3.81. The monoisotopic (exact) mass is 286 g/mol. The summed E-state index contributed by atoms with van der Waals surface area (Å²) >= 11 is 0. The van der Waals surface area contributed by atoms with E-state index in [0.717, 1.165) is 25.3 Å². The number of hydrogen-bond donors (Lipinski definition) is 1. The third-order valence-corrected chi connectivity index (χ3v) is 3.64. The van der Waals surface area contributed by atoms with Crippen LogP contribution in [-0.2, 0) is 11.2 Å². The highest BCUT2D eigenvalue weighted by molar-refractivity contribution is 6.01.